The van der Waals surface area contributed by atoms with Gasteiger partial charge < -0.3 is 15.5 Å². The summed E-state index contributed by atoms with van der Waals surface area (Å²) >= 11 is 1.36. The highest BCUT2D eigenvalue weighted by Crippen LogP contribution is 2.20. The van der Waals surface area contributed by atoms with Crippen molar-refractivity contribution in [2.75, 3.05) is 49.5 Å². The molecule has 0 spiro atoms. The Bertz CT molecular complexity index is 1090. The summed E-state index contributed by atoms with van der Waals surface area (Å²) in [6.07, 6.45) is 0.565. The molecule has 0 radical (unpaired) electrons. The molecular weight excluding hydrogens is 453 g/mol. The number of hydrogen-bond donors (Lipinski definition) is 2. The van der Waals surface area contributed by atoms with Crippen molar-refractivity contribution in [2.45, 2.75) is 6.42 Å². The third-order valence-electron chi connectivity index (χ3n) is 5.27. The van der Waals surface area contributed by atoms with Crippen LogP contribution in [0.1, 0.15) is 11.4 Å². The molecule has 0 saturated carbocycles. The second kappa shape index (κ2) is 10.6. The van der Waals surface area contributed by atoms with Crippen molar-refractivity contribution in [3.05, 3.63) is 71.3 Å². The lowest BCUT2D eigenvalue weighted by Crippen LogP contribution is -2.48. The van der Waals surface area contributed by atoms with Crippen LogP contribution in [0.3, 0.4) is 0 Å². The van der Waals surface area contributed by atoms with E-state index in [0.29, 0.717) is 19.5 Å². The van der Waals surface area contributed by atoms with Gasteiger partial charge >= 0.3 is 6.03 Å². The first kappa shape index (κ1) is 23.0. The number of benzene rings is 2. The standard InChI is InChI=1S/C22H23F3N6OS/c23-16-3-1-15(2-4-16)13-20-28-22(33-29-20)31-11-9-30(10-12-31)8-7-26-21(32)27-17-5-6-18(24)19(25)14-17/h1-6,14H,7-13H2,(H2,26,27,32). The van der Waals surface area contributed by atoms with Crippen molar-refractivity contribution in [3.8, 4) is 0 Å². The van der Waals surface area contributed by atoms with Gasteiger partial charge in [0.05, 0.1) is 0 Å². The van der Waals surface area contributed by atoms with Crippen LogP contribution in [-0.2, 0) is 6.42 Å². The Kier molecular flexibility index (Phi) is 7.40. The zero-order chi connectivity index (χ0) is 23.2. The number of rotatable bonds is 7. The molecule has 33 heavy (non-hydrogen) atoms. The maximum absolute atomic E-state index is 13.2. The molecule has 2 aromatic carbocycles. The van der Waals surface area contributed by atoms with E-state index in [-0.39, 0.29) is 11.5 Å². The van der Waals surface area contributed by atoms with Gasteiger partial charge in [0, 0.05) is 69.0 Å². The summed E-state index contributed by atoms with van der Waals surface area (Å²) in [6.45, 7) is 4.33. The number of aromatic nitrogens is 2. The summed E-state index contributed by atoms with van der Waals surface area (Å²) in [4.78, 5) is 21.0. The Morgan fingerprint density at radius 2 is 1.76 bits per heavy atom. The van der Waals surface area contributed by atoms with E-state index < -0.39 is 17.7 Å². The SMILES string of the molecule is O=C(NCCN1CCN(c2nc(Cc3ccc(F)cc3)ns2)CC1)Nc1ccc(F)c(F)c1. The molecule has 1 saturated heterocycles. The van der Waals surface area contributed by atoms with Gasteiger partial charge in [0.2, 0.25) is 5.13 Å². The molecule has 0 unspecified atom stereocenters. The first-order valence-corrected chi connectivity index (χ1v) is 11.3. The molecule has 0 bridgehead atoms. The van der Waals surface area contributed by atoms with Crippen LogP contribution in [0, 0.1) is 17.5 Å². The Hall–Kier alpha value is -3.18. The van der Waals surface area contributed by atoms with E-state index in [2.05, 4.69) is 29.8 Å². The lowest BCUT2D eigenvalue weighted by molar-refractivity contribution is 0.240. The van der Waals surface area contributed by atoms with Crippen LogP contribution >= 0.6 is 11.5 Å². The summed E-state index contributed by atoms with van der Waals surface area (Å²) in [7, 11) is 0. The predicted molar refractivity (Wildman–Crippen MR) is 121 cm³/mol. The predicted octanol–water partition coefficient (Wildman–Crippen LogP) is 3.49. The second-order valence-electron chi connectivity index (χ2n) is 7.63. The van der Waals surface area contributed by atoms with Crippen molar-refractivity contribution < 1.29 is 18.0 Å². The maximum Gasteiger partial charge on any atom is 0.319 e. The van der Waals surface area contributed by atoms with E-state index in [9.17, 15) is 18.0 Å². The first-order chi connectivity index (χ1) is 16.0. The molecule has 0 aliphatic carbocycles. The quantitative estimate of drug-likeness (QED) is 0.546. The van der Waals surface area contributed by atoms with Crippen molar-refractivity contribution >= 4 is 28.4 Å². The maximum atomic E-state index is 13.2. The van der Waals surface area contributed by atoms with Crippen molar-refractivity contribution in [1.82, 2.24) is 19.6 Å². The zero-order valence-electron chi connectivity index (χ0n) is 17.7. The van der Waals surface area contributed by atoms with E-state index in [1.807, 2.05) is 0 Å². The fourth-order valence-electron chi connectivity index (χ4n) is 3.47. The summed E-state index contributed by atoms with van der Waals surface area (Å²) in [6, 6.07) is 9.08. The van der Waals surface area contributed by atoms with Crippen molar-refractivity contribution in [3.63, 3.8) is 0 Å². The van der Waals surface area contributed by atoms with E-state index in [1.54, 1.807) is 12.1 Å². The minimum absolute atomic E-state index is 0.191. The minimum Gasteiger partial charge on any atom is -0.344 e. The number of anilines is 2. The number of piperazine rings is 1. The molecule has 1 fully saturated rings. The van der Waals surface area contributed by atoms with Gasteiger partial charge in [0.1, 0.15) is 11.6 Å². The summed E-state index contributed by atoms with van der Waals surface area (Å²) in [5.41, 5.74) is 1.16. The first-order valence-electron chi connectivity index (χ1n) is 10.5. The monoisotopic (exact) mass is 476 g/mol. The van der Waals surface area contributed by atoms with Crippen LogP contribution in [0.5, 0.6) is 0 Å². The Morgan fingerprint density at radius 1 is 1.00 bits per heavy atom. The summed E-state index contributed by atoms with van der Waals surface area (Å²) in [5.74, 6) is -1.51. The molecular formula is C22H23F3N6OS. The molecule has 1 aromatic heterocycles. The van der Waals surface area contributed by atoms with E-state index in [4.69, 9.17) is 0 Å². The van der Waals surface area contributed by atoms with Crippen molar-refractivity contribution in [1.29, 1.82) is 0 Å². The number of nitrogens with zero attached hydrogens (tertiary/aromatic N) is 4. The van der Waals surface area contributed by atoms with Gasteiger partial charge in [0.15, 0.2) is 11.6 Å². The smallest absolute Gasteiger partial charge is 0.319 e. The summed E-state index contributed by atoms with van der Waals surface area (Å²) in [5, 5.41) is 6.07. The average Bonchev–Trinajstić information content (AvgIpc) is 3.27. The number of urea groups is 1. The van der Waals surface area contributed by atoms with Crippen molar-refractivity contribution in [2.24, 2.45) is 0 Å². The average molecular weight is 477 g/mol. The van der Waals surface area contributed by atoms with Gasteiger partial charge in [-0.2, -0.15) is 4.37 Å². The third-order valence-corrected chi connectivity index (χ3v) is 6.08. The lowest BCUT2D eigenvalue weighted by Gasteiger charge is -2.34. The number of nitrogens with one attached hydrogen (secondary N) is 2. The molecule has 11 heteroatoms. The molecule has 2 amide bonds. The van der Waals surface area contributed by atoms with E-state index in [1.165, 1.54) is 29.7 Å². The molecule has 0 atom stereocenters. The van der Waals surface area contributed by atoms with Crippen LogP contribution in [0.4, 0.5) is 28.8 Å². The van der Waals surface area contributed by atoms with Gasteiger partial charge in [0.25, 0.3) is 0 Å². The number of hydrogen-bond acceptors (Lipinski definition) is 6. The van der Waals surface area contributed by atoms with Crippen LogP contribution in [-0.4, -0.2) is 59.6 Å². The highest BCUT2D eigenvalue weighted by Gasteiger charge is 2.20. The lowest BCUT2D eigenvalue weighted by atomic mass is 10.1. The molecule has 1 aliphatic rings. The number of carbonyl (C=O) groups is 1. The Labute approximate surface area is 193 Å². The summed E-state index contributed by atoms with van der Waals surface area (Å²) < 4.78 is 43.6. The third kappa shape index (κ3) is 6.42. The fraction of sp³-hybridized carbons (Fsp3) is 0.318. The van der Waals surface area contributed by atoms with Crippen LogP contribution in [0.2, 0.25) is 0 Å². The van der Waals surface area contributed by atoms with Crippen LogP contribution in [0.25, 0.3) is 0 Å². The molecule has 174 valence electrons. The topological polar surface area (TPSA) is 73.4 Å². The van der Waals surface area contributed by atoms with Gasteiger partial charge in [-0.25, -0.2) is 22.9 Å². The fourth-order valence-corrected chi connectivity index (χ4v) is 4.21. The normalized spacial score (nSPS) is 14.3. The zero-order valence-corrected chi connectivity index (χ0v) is 18.5. The molecule has 2 N–H and O–H groups in total. The number of halogens is 3. The minimum atomic E-state index is -1.01. The van der Waals surface area contributed by atoms with Gasteiger partial charge in [-0.3, -0.25) is 4.90 Å². The second-order valence-corrected chi connectivity index (χ2v) is 8.37. The van der Waals surface area contributed by atoms with E-state index in [0.717, 1.165) is 54.8 Å². The number of amides is 2. The molecule has 1 aliphatic heterocycles. The highest BCUT2D eigenvalue weighted by atomic mass is 32.1. The van der Waals surface area contributed by atoms with Gasteiger partial charge in [-0.1, -0.05) is 12.1 Å². The Balaban J connectivity index is 1.17. The highest BCUT2D eigenvalue weighted by molar-refractivity contribution is 7.09. The van der Waals surface area contributed by atoms with Crippen LogP contribution < -0.4 is 15.5 Å². The molecule has 4 rings (SSSR count). The molecule has 2 heterocycles. The van der Waals surface area contributed by atoms with E-state index >= 15 is 0 Å². The van der Waals surface area contributed by atoms with Gasteiger partial charge in [-0.15, -0.1) is 0 Å². The Morgan fingerprint density at radius 3 is 2.48 bits per heavy atom. The largest absolute Gasteiger partial charge is 0.344 e. The molecule has 3 aromatic rings. The number of carbonyl (C=O) groups excluding carboxylic acids is 1. The van der Waals surface area contributed by atoms with Crippen LogP contribution in [0.15, 0.2) is 42.5 Å². The van der Waals surface area contributed by atoms with Gasteiger partial charge in [-0.05, 0) is 29.8 Å². The molecule has 7 nitrogen and oxygen atoms in total.